The minimum Gasteiger partial charge on any atom is -0.365 e. The van der Waals surface area contributed by atoms with Gasteiger partial charge in [-0.25, -0.2) is 0 Å². The van der Waals surface area contributed by atoms with Crippen LogP contribution in [0, 0.1) is 5.92 Å². The zero-order chi connectivity index (χ0) is 16.4. The highest BCUT2D eigenvalue weighted by Gasteiger charge is 2.26. The van der Waals surface area contributed by atoms with E-state index >= 15 is 0 Å². The fourth-order valence-electron chi connectivity index (χ4n) is 2.80. The number of amides is 2. The number of hydrogen-bond acceptors (Lipinski definition) is 4. The van der Waals surface area contributed by atoms with Gasteiger partial charge in [-0.15, -0.1) is 22.7 Å². The van der Waals surface area contributed by atoms with Crippen molar-refractivity contribution in [2.45, 2.75) is 26.2 Å². The standard InChI is InChI=1S/C17H18N2O2S2/c1-10-4-6-12-13(9-10)23-17(15(12)16(18)21)19-14(20)7-5-11-3-2-8-22-11/h2-3,5,7-8,10H,4,6,9H2,1H3,(H2,18,21)(H,19,20)/b7-5+. The van der Waals surface area contributed by atoms with Crippen LogP contribution in [-0.2, 0) is 17.6 Å². The van der Waals surface area contributed by atoms with Gasteiger partial charge in [0.15, 0.2) is 0 Å². The van der Waals surface area contributed by atoms with Crippen molar-refractivity contribution in [3.8, 4) is 0 Å². The normalized spacial score (nSPS) is 17.2. The highest BCUT2D eigenvalue weighted by molar-refractivity contribution is 7.17. The molecule has 0 saturated carbocycles. The molecule has 6 heteroatoms. The zero-order valence-corrected chi connectivity index (χ0v) is 14.4. The summed E-state index contributed by atoms with van der Waals surface area (Å²) < 4.78 is 0. The van der Waals surface area contributed by atoms with Crippen LogP contribution in [0.2, 0.25) is 0 Å². The quantitative estimate of drug-likeness (QED) is 0.829. The summed E-state index contributed by atoms with van der Waals surface area (Å²) in [4.78, 5) is 26.1. The molecule has 0 aliphatic heterocycles. The van der Waals surface area contributed by atoms with Gasteiger partial charge >= 0.3 is 0 Å². The predicted octanol–water partition coefficient (Wildman–Crippen LogP) is 3.69. The number of anilines is 1. The van der Waals surface area contributed by atoms with Crippen LogP contribution in [0.5, 0.6) is 0 Å². The predicted molar refractivity (Wildman–Crippen MR) is 96.0 cm³/mol. The summed E-state index contributed by atoms with van der Waals surface area (Å²) in [5.74, 6) is -0.105. The highest BCUT2D eigenvalue weighted by Crippen LogP contribution is 2.39. The molecule has 0 bridgehead atoms. The molecule has 3 rings (SSSR count). The van der Waals surface area contributed by atoms with Crippen LogP contribution in [0.3, 0.4) is 0 Å². The van der Waals surface area contributed by atoms with Gasteiger partial charge in [0, 0.05) is 15.8 Å². The van der Waals surface area contributed by atoms with Gasteiger partial charge in [-0.1, -0.05) is 13.0 Å². The molecule has 0 saturated heterocycles. The first-order valence-electron chi connectivity index (χ1n) is 7.51. The van der Waals surface area contributed by atoms with Gasteiger partial charge < -0.3 is 11.1 Å². The van der Waals surface area contributed by atoms with E-state index in [4.69, 9.17) is 5.73 Å². The van der Waals surface area contributed by atoms with Crippen molar-refractivity contribution in [2.75, 3.05) is 5.32 Å². The SMILES string of the molecule is CC1CCc2c(sc(NC(=O)/C=C/c3cccs3)c2C(N)=O)C1. The number of primary amides is 1. The van der Waals surface area contributed by atoms with Crippen LogP contribution in [0.25, 0.3) is 6.08 Å². The summed E-state index contributed by atoms with van der Waals surface area (Å²) in [7, 11) is 0. The second kappa shape index (κ2) is 6.68. The van der Waals surface area contributed by atoms with E-state index in [1.165, 1.54) is 22.3 Å². The van der Waals surface area contributed by atoms with Gasteiger partial charge in [0.1, 0.15) is 5.00 Å². The maximum atomic E-state index is 12.1. The van der Waals surface area contributed by atoms with Crippen LogP contribution in [0.1, 0.15) is 39.0 Å². The van der Waals surface area contributed by atoms with Crippen molar-refractivity contribution >= 4 is 45.6 Å². The van der Waals surface area contributed by atoms with Crippen LogP contribution >= 0.6 is 22.7 Å². The third-order valence-corrected chi connectivity index (χ3v) is 5.94. The van der Waals surface area contributed by atoms with E-state index < -0.39 is 5.91 Å². The lowest BCUT2D eigenvalue weighted by atomic mass is 9.88. The van der Waals surface area contributed by atoms with Gasteiger partial charge in [-0.2, -0.15) is 0 Å². The maximum absolute atomic E-state index is 12.1. The van der Waals surface area contributed by atoms with Crippen LogP contribution in [-0.4, -0.2) is 11.8 Å². The summed E-state index contributed by atoms with van der Waals surface area (Å²) >= 11 is 3.04. The monoisotopic (exact) mass is 346 g/mol. The summed E-state index contributed by atoms with van der Waals surface area (Å²) in [6, 6.07) is 3.87. The Morgan fingerprint density at radius 2 is 2.26 bits per heavy atom. The molecule has 2 amide bonds. The second-order valence-electron chi connectivity index (χ2n) is 5.76. The molecule has 0 radical (unpaired) electrons. The molecule has 120 valence electrons. The van der Waals surface area contributed by atoms with Gasteiger partial charge in [-0.05, 0) is 48.3 Å². The Morgan fingerprint density at radius 1 is 1.43 bits per heavy atom. The largest absolute Gasteiger partial charge is 0.365 e. The van der Waals surface area contributed by atoms with Gasteiger partial charge in [0.2, 0.25) is 5.91 Å². The van der Waals surface area contributed by atoms with Crippen molar-refractivity contribution in [2.24, 2.45) is 11.7 Å². The van der Waals surface area contributed by atoms with Crippen molar-refractivity contribution in [1.82, 2.24) is 0 Å². The van der Waals surface area contributed by atoms with E-state index in [0.29, 0.717) is 16.5 Å². The van der Waals surface area contributed by atoms with Crippen LogP contribution < -0.4 is 11.1 Å². The Labute approximate surface area is 143 Å². The molecule has 2 heterocycles. The van der Waals surface area contributed by atoms with Crippen molar-refractivity contribution in [1.29, 1.82) is 0 Å². The number of fused-ring (bicyclic) bond motifs is 1. The van der Waals surface area contributed by atoms with E-state index in [-0.39, 0.29) is 5.91 Å². The molecule has 0 spiro atoms. The zero-order valence-electron chi connectivity index (χ0n) is 12.8. The molecule has 3 N–H and O–H groups in total. The number of nitrogens with one attached hydrogen (secondary N) is 1. The van der Waals surface area contributed by atoms with E-state index in [1.54, 1.807) is 17.4 Å². The molecule has 2 aromatic rings. The lowest BCUT2D eigenvalue weighted by Gasteiger charge is -2.18. The fourth-order valence-corrected chi connectivity index (χ4v) is 4.83. The maximum Gasteiger partial charge on any atom is 0.251 e. The van der Waals surface area contributed by atoms with Crippen molar-refractivity contribution in [3.63, 3.8) is 0 Å². The van der Waals surface area contributed by atoms with Crippen molar-refractivity contribution < 1.29 is 9.59 Å². The average Bonchev–Trinajstić information content (AvgIpc) is 3.11. The smallest absolute Gasteiger partial charge is 0.251 e. The lowest BCUT2D eigenvalue weighted by molar-refractivity contribution is -0.111. The van der Waals surface area contributed by atoms with E-state index in [1.807, 2.05) is 17.5 Å². The number of nitrogens with two attached hydrogens (primary N) is 1. The molecule has 4 nitrogen and oxygen atoms in total. The number of thiophene rings is 2. The minimum atomic E-state index is -0.463. The lowest BCUT2D eigenvalue weighted by Crippen LogP contribution is -2.18. The highest BCUT2D eigenvalue weighted by atomic mass is 32.1. The number of carbonyl (C=O) groups excluding carboxylic acids is 2. The van der Waals surface area contributed by atoms with Gasteiger partial charge in [-0.3, -0.25) is 9.59 Å². The third-order valence-electron chi connectivity index (χ3n) is 3.94. The Kier molecular flexibility index (Phi) is 4.63. The van der Waals surface area contributed by atoms with E-state index in [9.17, 15) is 9.59 Å². The summed E-state index contributed by atoms with van der Waals surface area (Å²) in [5, 5.41) is 5.36. The molecule has 2 aromatic heterocycles. The molecule has 1 aliphatic carbocycles. The topological polar surface area (TPSA) is 72.2 Å². The second-order valence-corrected chi connectivity index (χ2v) is 7.84. The van der Waals surface area contributed by atoms with Crippen molar-refractivity contribution in [3.05, 3.63) is 44.5 Å². The van der Waals surface area contributed by atoms with E-state index in [2.05, 4.69) is 12.2 Å². The molecule has 1 unspecified atom stereocenters. The molecule has 1 atom stereocenters. The molecule has 23 heavy (non-hydrogen) atoms. The number of hydrogen-bond donors (Lipinski definition) is 2. The molecular weight excluding hydrogens is 328 g/mol. The van der Waals surface area contributed by atoms with Gasteiger partial charge in [0.05, 0.1) is 5.56 Å². The van der Waals surface area contributed by atoms with E-state index in [0.717, 1.165) is 29.7 Å². The number of carbonyl (C=O) groups is 2. The first-order valence-corrected chi connectivity index (χ1v) is 9.21. The van der Waals surface area contributed by atoms with Crippen LogP contribution in [0.15, 0.2) is 23.6 Å². The first kappa shape index (κ1) is 16.0. The third kappa shape index (κ3) is 3.54. The van der Waals surface area contributed by atoms with Gasteiger partial charge in [0.25, 0.3) is 5.91 Å². The first-order chi connectivity index (χ1) is 11.0. The Bertz CT molecular complexity index is 760. The molecule has 0 fully saturated rings. The molecule has 1 aliphatic rings. The average molecular weight is 346 g/mol. The summed E-state index contributed by atoms with van der Waals surface area (Å²) in [5.41, 5.74) is 7.07. The van der Waals surface area contributed by atoms with Crippen LogP contribution in [0.4, 0.5) is 5.00 Å². The Balaban J connectivity index is 1.82. The molecular formula is C17H18N2O2S2. The Hall–Kier alpha value is -1.92. The fraction of sp³-hybridized carbons (Fsp3) is 0.294. The summed E-state index contributed by atoms with van der Waals surface area (Å²) in [6.07, 6.45) is 6.10. The molecule has 0 aromatic carbocycles. The minimum absolute atomic E-state index is 0.243. The number of rotatable bonds is 4. The Morgan fingerprint density at radius 3 is 2.96 bits per heavy atom. The summed E-state index contributed by atoms with van der Waals surface area (Å²) in [6.45, 7) is 2.20.